The summed E-state index contributed by atoms with van der Waals surface area (Å²) in [7, 11) is 0. The van der Waals surface area contributed by atoms with Crippen LogP contribution in [-0.2, 0) is 4.74 Å². The number of morpholine rings is 1. The fourth-order valence-electron chi connectivity index (χ4n) is 2.41. The Hall–Kier alpha value is -1.50. The molecule has 0 radical (unpaired) electrons. The maximum Gasteiger partial charge on any atom is 0.314 e. The summed E-state index contributed by atoms with van der Waals surface area (Å²) >= 11 is 6.00. The molecule has 0 saturated carbocycles. The van der Waals surface area contributed by atoms with Gasteiger partial charge in [-0.15, -0.1) is 0 Å². The molecule has 0 bridgehead atoms. The molecule has 0 unspecified atom stereocenters. The Balaban J connectivity index is 1.44. The number of hydrogen-bond acceptors (Lipinski definition) is 4. The third-order valence-electron chi connectivity index (χ3n) is 3.74. The van der Waals surface area contributed by atoms with Crippen molar-refractivity contribution in [3.05, 3.63) is 29.3 Å². The number of halogens is 1. The molecule has 1 heterocycles. The first-order valence-electron chi connectivity index (χ1n) is 8.45. The lowest BCUT2D eigenvalue weighted by Crippen LogP contribution is -2.40. The Labute approximate surface area is 148 Å². The highest BCUT2D eigenvalue weighted by Crippen LogP contribution is 2.22. The normalized spacial score (nSPS) is 15.0. The molecule has 2 amide bonds. The topological polar surface area (TPSA) is 62.8 Å². The first-order valence-corrected chi connectivity index (χ1v) is 8.82. The largest absolute Gasteiger partial charge is 0.492 e. The van der Waals surface area contributed by atoms with Gasteiger partial charge in [0.15, 0.2) is 0 Å². The number of nitrogens with one attached hydrogen (secondary N) is 2. The molecular weight excluding hydrogens is 330 g/mol. The van der Waals surface area contributed by atoms with Gasteiger partial charge >= 0.3 is 6.03 Å². The van der Waals surface area contributed by atoms with Gasteiger partial charge in [-0.2, -0.15) is 0 Å². The Kier molecular flexibility index (Phi) is 8.73. The minimum atomic E-state index is -0.130. The van der Waals surface area contributed by atoms with Crippen molar-refractivity contribution in [2.75, 3.05) is 52.5 Å². The molecule has 1 aromatic carbocycles. The molecule has 0 atom stereocenters. The number of ether oxygens (including phenoxy) is 2. The first kappa shape index (κ1) is 18.8. The number of carbonyl (C=O) groups is 1. The van der Waals surface area contributed by atoms with Crippen molar-refractivity contribution in [3.63, 3.8) is 0 Å². The van der Waals surface area contributed by atoms with Crippen molar-refractivity contribution in [2.24, 2.45) is 0 Å². The second-order valence-corrected chi connectivity index (χ2v) is 6.03. The number of urea groups is 1. The van der Waals surface area contributed by atoms with Crippen molar-refractivity contribution >= 4 is 17.6 Å². The summed E-state index contributed by atoms with van der Waals surface area (Å²) in [5, 5.41) is 6.30. The van der Waals surface area contributed by atoms with E-state index < -0.39 is 0 Å². The first-order chi connectivity index (χ1) is 11.8. The van der Waals surface area contributed by atoms with Crippen LogP contribution < -0.4 is 15.4 Å². The molecule has 1 saturated heterocycles. The van der Waals surface area contributed by atoms with E-state index in [1.165, 1.54) is 0 Å². The van der Waals surface area contributed by atoms with Gasteiger partial charge in [-0.1, -0.05) is 23.7 Å². The lowest BCUT2D eigenvalue weighted by Gasteiger charge is -2.26. The van der Waals surface area contributed by atoms with Crippen molar-refractivity contribution in [3.8, 4) is 5.75 Å². The molecule has 2 rings (SSSR count). The molecule has 134 valence electrons. The average molecular weight is 356 g/mol. The van der Waals surface area contributed by atoms with Crippen LogP contribution in [0.15, 0.2) is 24.3 Å². The molecule has 24 heavy (non-hydrogen) atoms. The predicted octanol–water partition coefficient (Wildman–Crippen LogP) is 2.13. The van der Waals surface area contributed by atoms with Gasteiger partial charge in [0.1, 0.15) is 5.75 Å². The zero-order valence-corrected chi connectivity index (χ0v) is 14.7. The summed E-state index contributed by atoms with van der Waals surface area (Å²) in [5.74, 6) is 0.673. The second-order valence-electron chi connectivity index (χ2n) is 5.62. The third-order valence-corrected chi connectivity index (χ3v) is 4.05. The van der Waals surface area contributed by atoms with Gasteiger partial charge in [0.2, 0.25) is 0 Å². The van der Waals surface area contributed by atoms with E-state index in [9.17, 15) is 4.79 Å². The maximum atomic E-state index is 11.7. The van der Waals surface area contributed by atoms with Crippen LogP contribution >= 0.6 is 11.6 Å². The Bertz CT molecular complexity index is 496. The van der Waals surface area contributed by atoms with Gasteiger partial charge in [0.25, 0.3) is 0 Å². The van der Waals surface area contributed by atoms with Crippen LogP contribution in [0.1, 0.15) is 12.8 Å². The molecule has 2 N–H and O–H groups in total. The van der Waals surface area contributed by atoms with Crippen LogP contribution in [0, 0.1) is 0 Å². The quantitative estimate of drug-likeness (QED) is 0.666. The minimum Gasteiger partial charge on any atom is -0.492 e. The molecule has 0 spiro atoms. The molecule has 7 heteroatoms. The highest BCUT2D eigenvalue weighted by Gasteiger charge is 2.09. The zero-order valence-electron chi connectivity index (χ0n) is 13.9. The van der Waals surface area contributed by atoms with Crippen molar-refractivity contribution in [1.82, 2.24) is 15.5 Å². The van der Waals surface area contributed by atoms with E-state index in [0.29, 0.717) is 30.5 Å². The predicted molar refractivity (Wildman–Crippen MR) is 94.8 cm³/mol. The van der Waals surface area contributed by atoms with Gasteiger partial charge in [0, 0.05) is 26.2 Å². The van der Waals surface area contributed by atoms with Crippen LogP contribution in [-0.4, -0.2) is 63.5 Å². The summed E-state index contributed by atoms with van der Waals surface area (Å²) in [6.45, 7) is 6.35. The standard InChI is InChI=1S/C17H26ClN3O3/c18-15-5-1-2-6-16(15)24-12-4-8-20-17(22)19-7-3-9-21-10-13-23-14-11-21/h1-2,5-6H,3-4,7-14H2,(H2,19,20,22). The fourth-order valence-corrected chi connectivity index (χ4v) is 2.60. The van der Waals surface area contributed by atoms with E-state index in [2.05, 4.69) is 15.5 Å². The Morgan fingerprint density at radius 1 is 1.17 bits per heavy atom. The summed E-state index contributed by atoms with van der Waals surface area (Å²) in [4.78, 5) is 14.0. The van der Waals surface area contributed by atoms with Crippen LogP contribution in [0.25, 0.3) is 0 Å². The summed E-state index contributed by atoms with van der Waals surface area (Å²) in [5.41, 5.74) is 0. The van der Waals surface area contributed by atoms with Crippen molar-refractivity contribution in [2.45, 2.75) is 12.8 Å². The summed E-state index contributed by atoms with van der Waals surface area (Å²) in [6, 6.07) is 7.23. The van der Waals surface area contributed by atoms with E-state index in [1.54, 1.807) is 6.07 Å². The molecule has 1 aliphatic rings. The van der Waals surface area contributed by atoms with Gasteiger partial charge in [0.05, 0.1) is 24.8 Å². The van der Waals surface area contributed by atoms with Gasteiger partial charge in [-0.05, 0) is 31.5 Å². The second kappa shape index (κ2) is 11.1. The van der Waals surface area contributed by atoms with E-state index in [0.717, 1.165) is 45.7 Å². The number of para-hydroxylation sites is 1. The van der Waals surface area contributed by atoms with E-state index in [-0.39, 0.29) is 6.03 Å². The molecular formula is C17H26ClN3O3. The smallest absolute Gasteiger partial charge is 0.314 e. The lowest BCUT2D eigenvalue weighted by molar-refractivity contribution is 0.0375. The molecule has 0 aromatic heterocycles. The van der Waals surface area contributed by atoms with Crippen molar-refractivity contribution in [1.29, 1.82) is 0 Å². The van der Waals surface area contributed by atoms with Crippen molar-refractivity contribution < 1.29 is 14.3 Å². The Morgan fingerprint density at radius 3 is 2.62 bits per heavy atom. The van der Waals surface area contributed by atoms with Gasteiger partial charge < -0.3 is 20.1 Å². The zero-order chi connectivity index (χ0) is 17.0. The van der Waals surface area contributed by atoms with Gasteiger partial charge in [-0.3, -0.25) is 4.90 Å². The van der Waals surface area contributed by atoms with E-state index in [1.807, 2.05) is 18.2 Å². The van der Waals surface area contributed by atoms with Crippen LogP contribution in [0.2, 0.25) is 5.02 Å². The number of hydrogen-bond donors (Lipinski definition) is 2. The SMILES string of the molecule is O=C(NCCCOc1ccccc1Cl)NCCCN1CCOCC1. The van der Waals surface area contributed by atoms with Crippen LogP contribution in [0.3, 0.4) is 0 Å². The van der Waals surface area contributed by atoms with Crippen LogP contribution in [0.4, 0.5) is 4.79 Å². The molecule has 1 fully saturated rings. The highest BCUT2D eigenvalue weighted by molar-refractivity contribution is 6.32. The molecule has 6 nitrogen and oxygen atoms in total. The van der Waals surface area contributed by atoms with E-state index in [4.69, 9.17) is 21.1 Å². The monoisotopic (exact) mass is 355 g/mol. The number of nitrogens with zero attached hydrogens (tertiary/aromatic N) is 1. The number of amides is 2. The lowest BCUT2D eigenvalue weighted by atomic mass is 10.3. The third kappa shape index (κ3) is 7.38. The molecule has 0 aliphatic carbocycles. The number of carbonyl (C=O) groups excluding carboxylic acids is 1. The van der Waals surface area contributed by atoms with Gasteiger partial charge in [-0.25, -0.2) is 4.79 Å². The van der Waals surface area contributed by atoms with E-state index >= 15 is 0 Å². The number of rotatable bonds is 9. The molecule has 1 aromatic rings. The summed E-state index contributed by atoms with van der Waals surface area (Å²) < 4.78 is 10.9. The van der Waals surface area contributed by atoms with Crippen LogP contribution in [0.5, 0.6) is 5.75 Å². The maximum absolute atomic E-state index is 11.7. The fraction of sp³-hybridized carbons (Fsp3) is 0.588. The minimum absolute atomic E-state index is 0.130. The highest BCUT2D eigenvalue weighted by atomic mass is 35.5. The molecule has 1 aliphatic heterocycles. The average Bonchev–Trinajstić information content (AvgIpc) is 2.61. The Morgan fingerprint density at radius 2 is 1.88 bits per heavy atom. The number of benzene rings is 1. The summed E-state index contributed by atoms with van der Waals surface area (Å²) in [6.07, 6.45) is 1.68.